The average Bonchev–Trinajstić information content (AvgIpc) is 2.91. The number of methoxy groups -OCH3 is 5. The van der Waals surface area contributed by atoms with Gasteiger partial charge in [-0.25, -0.2) is 13.2 Å². The maximum Gasteiger partial charge on any atom is 0.340 e. The van der Waals surface area contributed by atoms with Crippen LogP contribution in [0.1, 0.15) is 23.2 Å². The zero-order valence-corrected chi connectivity index (χ0v) is 21.6. The quantitative estimate of drug-likeness (QED) is 0.494. The van der Waals surface area contributed by atoms with Gasteiger partial charge in [-0.15, -0.1) is 0 Å². The zero-order chi connectivity index (χ0) is 26.5. The van der Waals surface area contributed by atoms with Gasteiger partial charge in [0.2, 0.25) is 15.9 Å². The molecular formula is C24H30N2O9S. The van der Waals surface area contributed by atoms with Crippen LogP contribution < -0.4 is 24.3 Å². The molecule has 1 amide bonds. The predicted molar refractivity (Wildman–Crippen MR) is 131 cm³/mol. The molecule has 1 fully saturated rings. The van der Waals surface area contributed by atoms with Crippen molar-refractivity contribution in [2.24, 2.45) is 5.92 Å². The van der Waals surface area contributed by atoms with Crippen molar-refractivity contribution in [1.82, 2.24) is 4.31 Å². The number of esters is 1. The van der Waals surface area contributed by atoms with Crippen molar-refractivity contribution in [3.05, 3.63) is 35.9 Å². The van der Waals surface area contributed by atoms with Gasteiger partial charge in [-0.1, -0.05) is 0 Å². The minimum Gasteiger partial charge on any atom is -0.497 e. The first-order chi connectivity index (χ1) is 17.2. The number of carbonyl (C=O) groups excluding carboxylic acids is 2. The zero-order valence-electron chi connectivity index (χ0n) is 20.8. The number of piperidine rings is 1. The van der Waals surface area contributed by atoms with Gasteiger partial charge in [0, 0.05) is 31.3 Å². The van der Waals surface area contributed by atoms with E-state index in [-0.39, 0.29) is 40.7 Å². The third-order valence-corrected chi connectivity index (χ3v) is 7.82. The van der Waals surface area contributed by atoms with Crippen LogP contribution in [0.25, 0.3) is 0 Å². The molecule has 1 aliphatic rings. The van der Waals surface area contributed by atoms with E-state index in [1.165, 1.54) is 64.1 Å². The first-order valence-electron chi connectivity index (χ1n) is 11.1. The van der Waals surface area contributed by atoms with E-state index >= 15 is 0 Å². The molecule has 0 bridgehead atoms. The Morgan fingerprint density at radius 3 is 2.19 bits per heavy atom. The Bertz CT molecular complexity index is 1230. The van der Waals surface area contributed by atoms with Crippen LogP contribution in [0.5, 0.6) is 23.0 Å². The number of sulfonamides is 1. The minimum absolute atomic E-state index is 0.0433. The number of amides is 1. The molecule has 12 heteroatoms. The van der Waals surface area contributed by atoms with Crippen LogP contribution in [0.15, 0.2) is 35.2 Å². The minimum atomic E-state index is -3.98. The lowest BCUT2D eigenvalue weighted by Crippen LogP contribution is -2.43. The normalized spacial score (nSPS) is 16.1. The molecule has 0 aliphatic carbocycles. The molecule has 3 rings (SSSR count). The first-order valence-corrected chi connectivity index (χ1v) is 12.5. The molecule has 1 N–H and O–H groups in total. The van der Waals surface area contributed by atoms with Crippen molar-refractivity contribution >= 4 is 27.6 Å². The van der Waals surface area contributed by atoms with Gasteiger partial charge >= 0.3 is 5.97 Å². The fourth-order valence-electron chi connectivity index (χ4n) is 4.00. The van der Waals surface area contributed by atoms with Crippen LogP contribution in [0.4, 0.5) is 5.69 Å². The first kappa shape index (κ1) is 27.1. The second-order valence-corrected chi connectivity index (χ2v) is 9.86. The lowest BCUT2D eigenvalue weighted by atomic mass is 9.98. The largest absolute Gasteiger partial charge is 0.497 e. The molecular weight excluding hydrogens is 492 g/mol. The smallest absolute Gasteiger partial charge is 0.340 e. The number of anilines is 1. The summed E-state index contributed by atoms with van der Waals surface area (Å²) in [6.07, 6.45) is 0.938. The van der Waals surface area contributed by atoms with Crippen molar-refractivity contribution in [3.63, 3.8) is 0 Å². The molecule has 11 nitrogen and oxygen atoms in total. The number of nitrogens with zero attached hydrogens (tertiary/aromatic N) is 1. The number of hydrogen-bond donors (Lipinski definition) is 1. The molecule has 0 saturated carbocycles. The molecule has 1 saturated heterocycles. The summed E-state index contributed by atoms with van der Waals surface area (Å²) in [6, 6.07) is 7.39. The SMILES string of the molecule is COC(=O)c1cc(OC)c(OC)cc1NC(=O)[C@@H]1CCCN(S(=O)(=O)c2cc(OC)ccc2OC)C1. The molecule has 0 aromatic heterocycles. The predicted octanol–water partition coefficient (Wildman–Crippen LogP) is 2.55. The van der Waals surface area contributed by atoms with Gasteiger partial charge in [0.15, 0.2) is 11.5 Å². The van der Waals surface area contributed by atoms with Crippen LogP contribution >= 0.6 is 0 Å². The number of hydrogen-bond acceptors (Lipinski definition) is 9. The Morgan fingerprint density at radius 1 is 0.917 bits per heavy atom. The summed E-state index contributed by atoms with van der Waals surface area (Å²) in [5.41, 5.74) is 0.240. The van der Waals surface area contributed by atoms with Gasteiger partial charge in [-0.05, 0) is 25.0 Å². The molecule has 2 aromatic carbocycles. The van der Waals surface area contributed by atoms with Crippen LogP contribution in [-0.4, -0.2) is 73.2 Å². The lowest BCUT2D eigenvalue weighted by molar-refractivity contribution is -0.120. The van der Waals surface area contributed by atoms with E-state index < -0.39 is 27.8 Å². The number of carbonyl (C=O) groups is 2. The van der Waals surface area contributed by atoms with Crippen LogP contribution in [0.2, 0.25) is 0 Å². The maximum atomic E-state index is 13.5. The third kappa shape index (κ3) is 5.49. The summed E-state index contributed by atoms with van der Waals surface area (Å²) < 4.78 is 54.0. The Labute approximate surface area is 210 Å². The Kier molecular flexibility index (Phi) is 8.64. The van der Waals surface area contributed by atoms with Gasteiger partial charge in [0.25, 0.3) is 0 Å². The Hall–Kier alpha value is -3.51. The highest BCUT2D eigenvalue weighted by Crippen LogP contribution is 2.35. The van der Waals surface area contributed by atoms with Crippen LogP contribution in [-0.2, 0) is 19.6 Å². The maximum absolute atomic E-state index is 13.5. The molecule has 2 aromatic rings. The summed E-state index contributed by atoms with van der Waals surface area (Å²) in [5, 5.41) is 2.73. The summed E-state index contributed by atoms with van der Waals surface area (Å²) >= 11 is 0. The molecule has 1 atom stereocenters. The van der Waals surface area contributed by atoms with Gasteiger partial charge in [-0.3, -0.25) is 4.79 Å². The topological polar surface area (TPSA) is 130 Å². The van der Waals surface area contributed by atoms with E-state index in [2.05, 4.69) is 5.32 Å². The highest BCUT2D eigenvalue weighted by molar-refractivity contribution is 7.89. The van der Waals surface area contributed by atoms with Gasteiger partial charge in [-0.2, -0.15) is 4.31 Å². The fraction of sp³-hybridized carbons (Fsp3) is 0.417. The average molecular weight is 523 g/mol. The number of rotatable bonds is 9. The van der Waals surface area contributed by atoms with E-state index in [1.54, 1.807) is 6.07 Å². The number of ether oxygens (including phenoxy) is 5. The molecule has 0 radical (unpaired) electrons. The van der Waals surface area contributed by atoms with Gasteiger partial charge in [0.05, 0.1) is 52.7 Å². The van der Waals surface area contributed by atoms with Crippen LogP contribution in [0.3, 0.4) is 0 Å². The molecule has 36 heavy (non-hydrogen) atoms. The van der Waals surface area contributed by atoms with Gasteiger partial charge < -0.3 is 29.0 Å². The summed E-state index contributed by atoms with van der Waals surface area (Å²) in [4.78, 5) is 25.5. The summed E-state index contributed by atoms with van der Waals surface area (Å²) in [7, 11) is 2.91. The second-order valence-electron chi connectivity index (χ2n) is 7.95. The molecule has 0 unspecified atom stereocenters. The fourth-order valence-corrected chi connectivity index (χ4v) is 5.69. The van der Waals surface area contributed by atoms with E-state index in [0.29, 0.717) is 24.3 Å². The van der Waals surface area contributed by atoms with Crippen LogP contribution in [0, 0.1) is 5.92 Å². The van der Waals surface area contributed by atoms with Crippen molar-refractivity contribution in [1.29, 1.82) is 0 Å². The molecule has 0 spiro atoms. The highest BCUT2D eigenvalue weighted by atomic mass is 32.2. The highest BCUT2D eigenvalue weighted by Gasteiger charge is 2.35. The molecule has 1 heterocycles. The van der Waals surface area contributed by atoms with E-state index in [0.717, 1.165) is 0 Å². The van der Waals surface area contributed by atoms with Gasteiger partial charge in [0.1, 0.15) is 16.4 Å². The third-order valence-electron chi connectivity index (χ3n) is 5.93. The Morgan fingerprint density at radius 2 is 1.58 bits per heavy atom. The van der Waals surface area contributed by atoms with E-state index in [9.17, 15) is 18.0 Å². The summed E-state index contributed by atoms with van der Waals surface area (Å²) in [5.74, 6) is -0.644. The van der Waals surface area contributed by atoms with Crippen molar-refractivity contribution in [2.45, 2.75) is 17.7 Å². The monoisotopic (exact) mass is 522 g/mol. The number of benzene rings is 2. The molecule has 1 aliphatic heterocycles. The second kappa shape index (κ2) is 11.5. The summed E-state index contributed by atoms with van der Waals surface area (Å²) in [6.45, 7) is 0.200. The van der Waals surface area contributed by atoms with Crippen molar-refractivity contribution < 1.29 is 41.7 Å². The van der Waals surface area contributed by atoms with Crippen molar-refractivity contribution in [3.8, 4) is 23.0 Å². The van der Waals surface area contributed by atoms with E-state index in [4.69, 9.17) is 23.7 Å². The van der Waals surface area contributed by atoms with Crippen molar-refractivity contribution in [2.75, 3.05) is 54.0 Å². The lowest BCUT2D eigenvalue weighted by Gasteiger charge is -2.31. The number of nitrogens with one attached hydrogen (secondary N) is 1. The van der Waals surface area contributed by atoms with E-state index in [1.807, 2.05) is 0 Å². The molecule has 196 valence electrons. The Balaban J connectivity index is 1.87. The standard InChI is InChI=1S/C24H30N2O9S/c1-31-16-8-9-19(32-2)22(11-16)36(29,30)26-10-6-7-15(14-26)23(27)25-18-13-21(34-4)20(33-3)12-17(18)24(28)35-5/h8-9,11-13,15H,6-7,10,14H2,1-5H3,(H,25,27)/t15-/m1/s1.